The number of aromatic nitrogens is 2. The topological polar surface area (TPSA) is 75.6 Å². The van der Waals surface area contributed by atoms with Crippen LogP contribution in [0.25, 0.3) is 0 Å². The molecule has 1 unspecified atom stereocenters. The maximum Gasteiger partial charge on any atom is 0.225 e. The van der Waals surface area contributed by atoms with Gasteiger partial charge in [0.1, 0.15) is 0 Å². The molecule has 1 saturated heterocycles. The first-order chi connectivity index (χ1) is 7.83. The first-order valence-electron chi connectivity index (χ1n) is 5.08. The highest BCUT2D eigenvalue weighted by Crippen LogP contribution is 2.11. The molecule has 0 spiro atoms. The van der Waals surface area contributed by atoms with Gasteiger partial charge in [0.25, 0.3) is 0 Å². The number of aliphatic hydroxyl groups is 1. The van der Waals surface area contributed by atoms with Gasteiger partial charge in [0, 0.05) is 25.5 Å². The Labute approximate surface area is 92.9 Å². The van der Waals surface area contributed by atoms with Crippen molar-refractivity contribution in [1.29, 1.82) is 0 Å². The fraction of sp³-hybridized carbons (Fsp3) is 0.500. The lowest BCUT2D eigenvalue weighted by Gasteiger charge is -2.31. The second-order valence-corrected chi connectivity index (χ2v) is 3.56. The molecule has 1 atom stereocenters. The monoisotopic (exact) mass is 223 g/mol. The smallest absolute Gasteiger partial charge is 0.225 e. The van der Waals surface area contributed by atoms with Gasteiger partial charge in [-0.3, -0.25) is 4.79 Å². The van der Waals surface area contributed by atoms with Gasteiger partial charge in [0.2, 0.25) is 5.95 Å². The number of ether oxygens (including phenoxy) is 1. The van der Waals surface area contributed by atoms with Crippen molar-refractivity contribution >= 4 is 12.2 Å². The van der Waals surface area contributed by atoms with Gasteiger partial charge in [-0.25, -0.2) is 9.97 Å². The van der Waals surface area contributed by atoms with Crippen molar-refractivity contribution in [3.05, 3.63) is 18.0 Å². The molecule has 1 aromatic rings. The molecule has 0 radical (unpaired) electrons. The van der Waals surface area contributed by atoms with E-state index in [1.807, 2.05) is 4.90 Å². The number of carbonyl (C=O) groups excluding carboxylic acids is 1. The molecule has 1 fully saturated rings. The number of hydrogen-bond donors (Lipinski definition) is 1. The van der Waals surface area contributed by atoms with Gasteiger partial charge in [-0.1, -0.05) is 0 Å². The van der Waals surface area contributed by atoms with Gasteiger partial charge < -0.3 is 14.7 Å². The van der Waals surface area contributed by atoms with E-state index >= 15 is 0 Å². The molecule has 0 amide bonds. The van der Waals surface area contributed by atoms with Crippen molar-refractivity contribution in [3.8, 4) is 0 Å². The number of morpholine rings is 1. The fourth-order valence-corrected chi connectivity index (χ4v) is 1.57. The van der Waals surface area contributed by atoms with Crippen LogP contribution in [0.5, 0.6) is 0 Å². The van der Waals surface area contributed by atoms with Crippen LogP contribution >= 0.6 is 0 Å². The van der Waals surface area contributed by atoms with Crippen LogP contribution < -0.4 is 4.90 Å². The first kappa shape index (κ1) is 11.0. The van der Waals surface area contributed by atoms with Crippen LogP contribution in [0, 0.1) is 0 Å². The van der Waals surface area contributed by atoms with E-state index in [0.717, 1.165) is 0 Å². The van der Waals surface area contributed by atoms with E-state index in [2.05, 4.69) is 9.97 Å². The highest BCUT2D eigenvalue weighted by molar-refractivity contribution is 5.73. The van der Waals surface area contributed by atoms with Crippen molar-refractivity contribution in [2.75, 3.05) is 31.2 Å². The predicted octanol–water partition coefficient (Wildman–Crippen LogP) is -0.513. The summed E-state index contributed by atoms with van der Waals surface area (Å²) in [6, 6.07) is 0. The summed E-state index contributed by atoms with van der Waals surface area (Å²) in [7, 11) is 0. The Kier molecular flexibility index (Phi) is 3.43. The maximum absolute atomic E-state index is 10.4. The lowest BCUT2D eigenvalue weighted by Crippen LogP contribution is -2.44. The van der Waals surface area contributed by atoms with Crippen molar-refractivity contribution in [1.82, 2.24) is 9.97 Å². The van der Waals surface area contributed by atoms with E-state index in [1.54, 1.807) is 0 Å². The quantitative estimate of drug-likeness (QED) is 0.695. The molecular formula is C10H13N3O3. The minimum absolute atomic E-state index is 0.0110. The molecule has 6 nitrogen and oxygen atoms in total. The zero-order chi connectivity index (χ0) is 11.4. The van der Waals surface area contributed by atoms with E-state index in [1.165, 1.54) is 12.4 Å². The number of anilines is 1. The lowest BCUT2D eigenvalue weighted by molar-refractivity contribution is 0.00314. The van der Waals surface area contributed by atoms with Crippen LogP contribution in [-0.2, 0) is 4.74 Å². The second-order valence-electron chi connectivity index (χ2n) is 3.56. The molecule has 16 heavy (non-hydrogen) atoms. The number of aliphatic hydroxyl groups excluding tert-OH is 1. The summed E-state index contributed by atoms with van der Waals surface area (Å²) >= 11 is 0. The van der Waals surface area contributed by atoms with E-state index < -0.39 is 0 Å². The van der Waals surface area contributed by atoms with E-state index in [-0.39, 0.29) is 12.7 Å². The Morgan fingerprint density at radius 3 is 2.94 bits per heavy atom. The average Bonchev–Trinajstić information content (AvgIpc) is 2.39. The molecule has 0 saturated carbocycles. The molecule has 2 heterocycles. The molecule has 86 valence electrons. The highest BCUT2D eigenvalue weighted by atomic mass is 16.5. The molecule has 0 aromatic carbocycles. The van der Waals surface area contributed by atoms with Crippen LogP contribution in [0.3, 0.4) is 0 Å². The zero-order valence-electron chi connectivity index (χ0n) is 8.74. The van der Waals surface area contributed by atoms with Gasteiger partial charge >= 0.3 is 0 Å². The van der Waals surface area contributed by atoms with Crippen LogP contribution in [0.2, 0.25) is 0 Å². The molecule has 1 N–H and O–H groups in total. The summed E-state index contributed by atoms with van der Waals surface area (Å²) in [4.78, 5) is 20.6. The average molecular weight is 223 g/mol. The Morgan fingerprint density at radius 1 is 1.56 bits per heavy atom. The standard InChI is InChI=1S/C10H13N3O3/c14-6-8-3-11-10(12-4-8)13-1-2-16-9(5-13)7-15/h3-4,6,9,15H,1-2,5,7H2. The summed E-state index contributed by atoms with van der Waals surface area (Å²) < 4.78 is 5.32. The Morgan fingerprint density at radius 2 is 2.31 bits per heavy atom. The van der Waals surface area contributed by atoms with Crippen LogP contribution in [-0.4, -0.2) is 53.8 Å². The number of hydrogen-bond acceptors (Lipinski definition) is 6. The number of aldehydes is 1. The summed E-state index contributed by atoms with van der Waals surface area (Å²) in [6.07, 6.45) is 3.49. The largest absolute Gasteiger partial charge is 0.394 e. The summed E-state index contributed by atoms with van der Waals surface area (Å²) in [5, 5.41) is 9.00. The molecule has 0 aliphatic carbocycles. The van der Waals surface area contributed by atoms with E-state index in [9.17, 15) is 4.79 Å². The van der Waals surface area contributed by atoms with Gasteiger partial charge in [-0.05, 0) is 0 Å². The fourth-order valence-electron chi connectivity index (χ4n) is 1.57. The highest BCUT2D eigenvalue weighted by Gasteiger charge is 2.21. The molecule has 1 aliphatic heterocycles. The third kappa shape index (κ3) is 2.34. The summed E-state index contributed by atoms with van der Waals surface area (Å²) in [5.41, 5.74) is 0.454. The minimum Gasteiger partial charge on any atom is -0.394 e. The summed E-state index contributed by atoms with van der Waals surface area (Å²) in [5.74, 6) is 0.562. The Balaban J connectivity index is 2.07. The Hall–Kier alpha value is -1.53. The number of rotatable bonds is 3. The zero-order valence-corrected chi connectivity index (χ0v) is 8.74. The molecule has 1 aliphatic rings. The number of nitrogens with zero attached hydrogens (tertiary/aromatic N) is 3. The van der Waals surface area contributed by atoms with E-state index in [0.29, 0.717) is 37.5 Å². The van der Waals surface area contributed by atoms with Crippen LogP contribution in [0.4, 0.5) is 5.95 Å². The third-order valence-corrected chi connectivity index (χ3v) is 2.42. The minimum atomic E-state index is -0.192. The second kappa shape index (κ2) is 5.00. The first-order valence-corrected chi connectivity index (χ1v) is 5.08. The van der Waals surface area contributed by atoms with Crippen LogP contribution in [0.1, 0.15) is 10.4 Å². The van der Waals surface area contributed by atoms with Crippen molar-refractivity contribution in [2.45, 2.75) is 6.10 Å². The number of carbonyl (C=O) groups is 1. The summed E-state index contributed by atoms with van der Waals surface area (Å²) in [6.45, 7) is 1.79. The van der Waals surface area contributed by atoms with E-state index in [4.69, 9.17) is 9.84 Å². The van der Waals surface area contributed by atoms with Crippen molar-refractivity contribution < 1.29 is 14.6 Å². The normalized spacial score (nSPS) is 20.8. The lowest BCUT2D eigenvalue weighted by atomic mass is 10.3. The van der Waals surface area contributed by atoms with Crippen molar-refractivity contribution in [3.63, 3.8) is 0 Å². The van der Waals surface area contributed by atoms with Gasteiger partial charge in [0.05, 0.1) is 24.9 Å². The predicted molar refractivity (Wildman–Crippen MR) is 56.5 cm³/mol. The SMILES string of the molecule is O=Cc1cnc(N2CCOC(CO)C2)nc1. The van der Waals surface area contributed by atoms with Crippen LogP contribution in [0.15, 0.2) is 12.4 Å². The molecular weight excluding hydrogens is 210 g/mol. The van der Waals surface area contributed by atoms with Gasteiger partial charge in [-0.15, -0.1) is 0 Å². The van der Waals surface area contributed by atoms with Gasteiger partial charge in [0.15, 0.2) is 6.29 Å². The van der Waals surface area contributed by atoms with Gasteiger partial charge in [-0.2, -0.15) is 0 Å². The molecule has 1 aromatic heterocycles. The van der Waals surface area contributed by atoms with Crippen molar-refractivity contribution in [2.24, 2.45) is 0 Å². The Bertz CT molecular complexity index is 355. The molecule has 2 rings (SSSR count). The maximum atomic E-state index is 10.4. The molecule has 6 heteroatoms. The third-order valence-electron chi connectivity index (χ3n) is 2.42. The molecule has 0 bridgehead atoms.